The lowest BCUT2D eigenvalue weighted by Crippen LogP contribution is -2.37. The number of piperidine rings is 1. The molecule has 2 fully saturated rings. The van der Waals surface area contributed by atoms with E-state index < -0.39 is 0 Å². The Kier molecular flexibility index (Phi) is 3.60. The summed E-state index contributed by atoms with van der Waals surface area (Å²) in [4.78, 5) is 2.62. The molecule has 0 aromatic heterocycles. The first-order valence-electron chi connectivity index (χ1n) is 6.91. The van der Waals surface area contributed by atoms with Crippen LogP contribution >= 0.6 is 0 Å². The normalized spacial score (nSPS) is 40.3. The highest BCUT2D eigenvalue weighted by Gasteiger charge is 2.55. The maximum atomic E-state index is 9.56. The van der Waals surface area contributed by atoms with Crippen molar-refractivity contribution in [3.63, 3.8) is 0 Å². The Labute approximate surface area is 100 Å². The molecule has 3 atom stereocenters. The van der Waals surface area contributed by atoms with E-state index in [0.717, 1.165) is 11.8 Å². The lowest BCUT2D eigenvalue weighted by molar-refractivity contribution is 0.126. The molecule has 0 aromatic carbocycles. The minimum absolute atomic E-state index is 0.265. The van der Waals surface area contributed by atoms with Crippen LogP contribution in [0.1, 0.15) is 40.0 Å². The van der Waals surface area contributed by atoms with Gasteiger partial charge in [-0.05, 0) is 43.6 Å². The lowest BCUT2D eigenvalue weighted by Gasteiger charge is -2.32. The van der Waals surface area contributed by atoms with E-state index in [9.17, 15) is 5.11 Å². The third-order valence-corrected chi connectivity index (χ3v) is 4.94. The summed E-state index contributed by atoms with van der Waals surface area (Å²) >= 11 is 0. The van der Waals surface area contributed by atoms with Crippen molar-refractivity contribution in [3.8, 4) is 0 Å². The first-order valence-corrected chi connectivity index (χ1v) is 6.91. The summed E-state index contributed by atoms with van der Waals surface area (Å²) < 4.78 is 0. The van der Waals surface area contributed by atoms with Crippen LogP contribution < -0.4 is 0 Å². The Hall–Kier alpha value is -0.0800. The second kappa shape index (κ2) is 4.66. The molecule has 1 aliphatic heterocycles. The fourth-order valence-electron chi connectivity index (χ4n) is 3.49. The first kappa shape index (κ1) is 12.4. The van der Waals surface area contributed by atoms with Crippen LogP contribution in [0.3, 0.4) is 0 Å². The van der Waals surface area contributed by atoms with Crippen molar-refractivity contribution >= 4 is 0 Å². The number of nitrogens with zero attached hydrogens (tertiary/aromatic N) is 1. The topological polar surface area (TPSA) is 23.5 Å². The molecule has 3 unspecified atom stereocenters. The molecule has 2 aliphatic rings. The quantitative estimate of drug-likeness (QED) is 0.794. The molecule has 1 saturated carbocycles. The van der Waals surface area contributed by atoms with E-state index in [1.165, 1.54) is 38.9 Å². The minimum atomic E-state index is 0.265. The molecule has 1 N–H and O–H groups in total. The van der Waals surface area contributed by atoms with Crippen LogP contribution in [0.5, 0.6) is 0 Å². The molecule has 94 valence electrons. The van der Waals surface area contributed by atoms with Gasteiger partial charge in [0.15, 0.2) is 0 Å². The van der Waals surface area contributed by atoms with Crippen LogP contribution in [0.4, 0.5) is 0 Å². The molecule has 0 aromatic rings. The van der Waals surface area contributed by atoms with E-state index in [2.05, 4.69) is 25.7 Å². The Balaban J connectivity index is 1.83. The molecule has 0 radical (unpaired) electrons. The second-order valence-corrected chi connectivity index (χ2v) is 6.45. The number of aliphatic hydroxyl groups is 1. The predicted octanol–water partition coefficient (Wildman–Crippen LogP) is 2.37. The second-order valence-electron chi connectivity index (χ2n) is 6.45. The van der Waals surface area contributed by atoms with Crippen LogP contribution in [0.15, 0.2) is 0 Å². The van der Waals surface area contributed by atoms with Crippen molar-refractivity contribution in [2.45, 2.75) is 40.0 Å². The fraction of sp³-hybridized carbons (Fsp3) is 1.00. The average molecular weight is 225 g/mol. The van der Waals surface area contributed by atoms with E-state index in [-0.39, 0.29) is 5.41 Å². The predicted molar refractivity (Wildman–Crippen MR) is 67.3 cm³/mol. The van der Waals surface area contributed by atoms with Gasteiger partial charge in [0.1, 0.15) is 0 Å². The molecule has 0 amide bonds. The Bertz CT molecular complexity index is 241. The maximum absolute atomic E-state index is 9.56. The van der Waals surface area contributed by atoms with Crippen LogP contribution in [0.25, 0.3) is 0 Å². The van der Waals surface area contributed by atoms with Crippen molar-refractivity contribution in [1.82, 2.24) is 4.90 Å². The van der Waals surface area contributed by atoms with E-state index in [1.54, 1.807) is 0 Å². The van der Waals surface area contributed by atoms with Gasteiger partial charge >= 0.3 is 0 Å². The number of hydrogen-bond donors (Lipinski definition) is 1. The van der Waals surface area contributed by atoms with Gasteiger partial charge in [-0.15, -0.1) is 0 Å². The van der Waals surface area contributed by atoms with E-state index in [0.29, 0.717) is 12.5 Å². The molecule has 0 bridgehead atoms. The van der Waals surface area contributed by atoms with E-state index in [4.69, 9.17) is 0 Å². The fourth-order valence-corrected chi connectivity index (χ4v) is 3.49. The number of likely N-dealkylation sites (tertiary alicyclic amines) is 1. The first-order chi connectivity index (χ1) is 7.58. The largest absolute Gasteiger partial charge is 0.396 e. The van der Waals surface area contributed by atoms with E-state index in [1.807, 2.05) is 0 Å². The summed E-state index contributed by atoms with van der Waals surface area (Å²) in [7, 11) is 0. The van der Waals surface area contributed by atoms with Crippen LogP contribution in [-0.2, 0) is 0 Å². The molecule has 2 heteroatoms. The van der Waals surface area contributed by atoms with Crippen molar-refractivity contribution in [3.05, 3.63) is 0 Å². The monoisotopic (exact) mass is 225 g/mol. The highest BCUT2D eigenvalue weighted by atomic mass is 16.3. The van der Waals surface area contributed by atoms with Gasteiger partial charge in [0.2, 0.25) is 0 Å². The van der Waals surface area contributed by atoms with Gasteiger partial charge in [-0.3, -0.25) is 0 Å². The van der Waals surface area contributed by atoms with Crippen molar-refractivity contribution < 1.29 is 5.11 Å². The van der Waals surface area contributed by atoms with Gasteiger partial charge in [-0.1, -0.05) is 20.8 Å². The van der Waals surface area contributed by atoms with Crippen LogP contribution in [0, 0.1) is 23.2 Å². The molecular weight excluding hydrogens is 198 g/mol. The molecular formula is C14H27NO. The molecule has 0 spiro atoms. The third kappa shape index (κ3) is 2.28. The minimum Gasteiger partial charge on any atom is -0.396 e. The summed E-state index contributed by atoms with van der Waals surface area (Å²) in [6.07, 6.45) is 4.00. The summed E-state index contributed by atoms with van der Waals surface area (Å²) in [5.41, 5.74) is 0.265. The number of aliphatic hydroxyl groups excluding tert-OH is 1. The Morgan fingerprint density at radius 1 is 1.44 bits per heavy atom. The van der Waals surface area contributed by atoms with E-state index >= 15 is 0 Å². The molecule has 2 rings (SSSR count). The van der Waals surface area contributed by atoms with Crippen molar-refractivity contribution in [1.29, 1.82) is 0 Å². The van der Waals surface area contributed by atoms with Gasteiger partial charge in [0.05, 0.1) is 0 Å². The lowest BCUT2D eigenvalue weighted by atomic mass is 9.90. The van der Waals surface area contributed by atoms with Gasteiger partial charge < -0.3 is 10.0 Å². The zero-order valence-corrected chi connectivity index (χ0v) is 11.1. The van der Waals surface area contributed by atoms with Crippen LogP contribution in [0.2, 0.25) is 0 Å². The van der Waals surface area contributed by atoms with Gasteiger partial charge in [-0.2, -0.15) is 0 Å². The zero-order valence-electron chi connectivity index (χ0n) is 11.1. The van der Waals surface area contributed by atoms with Gasteiger partial charge in [-0.25, -0.2) is 0 Å². The van der Waals surface area contributed by atoms with Crippen LogP contribution in [-0.4, -0.2) is 36.2 Å². The summed E-state index contributed by atoms with van der Waals surface area (Å²) in [6.45, 7) is 11.0. The average Bonchev–Trinajstić information content (AvgIpc) is 2.93. The Morgan fingerprint density at radius 2 is 2.19 bits per heavy atom. The highest BCUT2D eigenvalue weighted by Crippen LogP contribution is 2.57. The van der Waals surface area contributed by atoms with Crippen molar-refractivity contribution in [2.75, 3.05) is 26.2 Å². The summed E-state index contributed by atoms with van der Waals surface area (Å²) in [5, 5.41) is 9.56. The molecule has 1 aliphatic carbocycles. The molecule has 1 saturated heterocycles. The molecule has 2 nitrogen and oxygen atoms in total. The summed E-state index contributed by atoms with van der Waals surface area (Å²) in [6, 6.07) is 0. The SMILES string of the molecule is CC1CCCN(CC2CC2(CO)C(C)C)C1. The maximum Gasteiger partial charge on any atom is 0.0493 e. The smallest absolute Gasteiger partial charge is 0.0493 e. The third-order valence-electron chi connectivity index (χ3n) is 4.94. The van der Waals surface area contributed by atoms with Gasteiger partial charge in [0, 0.05) is 25.1 Å². The summed E-state index contributed by atoms with van der Waals surface area (Å²) in [5.74, 6) is 2.25. The zero-order chi connectivity index (χ0) is 11.8. The molecule has 16 heavy (non-hydrogen) atoms. The number of hydrogen-bond acceptors (Lipinski definition) is 2. The van der Waals surface area contributed by atoms with Gasteiger partial charge in [0.25, 0.3) is 0 Å². The van der Waals surface area contributed by atoms with Crippen molar-refractivity contribution in [2.24, 2.45) is 23.2 Å². The highest BCUT2D eigenvalue weighted by molar-refractivity contribution is 5.05. The number of rotatable bonds is 4. The molecule has 1 heterocycles. The Morgan fingerprint density at radius 3 is 2.69 bits per heavy atom. The standard InChI is InChI=1S/C14H27NO/c1-11(2)14(10-16)7-13(14)9-15-6-4-5-12(3)8-15/h11-13,16H,4-10H2,1-3H3.